The van der Waals surface area contributed by atoms with Gasteiger partial charge < -0.3 is 9.62 Å². The molecule has 3 rings (SSSR count). The van der Waals surface area contributed by atoms with E-state index in [1.807, 2.05) is 6.07 Å². The number of aromatic nitrogens is 1. The highest BCUT2D eigenvalue weighted by Gasteiger charge is 2.24. The summed E-state index contributed by atoms with van der Waals surface area (Å²) in [4.78, 5) is 14.4. The summed E-state index contributed by atoms with van der Waals surface area (Å²) in [5.41, 5.74) is 1.52. The average Bonchev–Trinajstić information content (AvgIpc) is 3.37. The van der Waals surface area contributed by atoms with Crippen molar-refractivity contribution in [3.8, 4) is 6.07 Å². The Labute approximate surface area is 171 Å². The number of nitrogens with zero attached hydrogens (tertiary/aromatic N) is 3. The highest BCUT2D eigenvalue weighted by atomic mass is 127. The molecule has 0 unspecified atom stereocenters. The summed E-state index contributed by atoms with van der Waals surface area (Å²) in [6.07, 6.45) is 3.78. The van der Waals surface area contributed by atoms with Gasteiger partial charge in [-0.3, -0.25) is 8.77 Å². The van der Waals surface area contributed by atoms with Crippen LogP contribution in [-0.2, 0) is 0 Å². The molecule has 1 aromatic carbocycles. The van der Waals surface area contributed by atoms with Gasteiger partial charge in [0.2, 0.25) is 5.78 Å². The number of Topliss-reactive ketones (excluding diaryl/α,β-unsaturated/α-hetero) is 1. The maximum atomic E-state index is 14.4. The molecule has 2 aromatic rings. The van der Waals surface area contributed by atoms with Gasteiger partial charge in [-0.25, -0.2) is 4.39 Å². The number of hydrogen-bond acceptors (Lipinski definition) is 6. The number of fused-ring (bicyclic) bond motifs is 1. The van der Waals surface area contributed by atoms with E-state index in [9.17, 15) is 14.4 Å². The van der Waals surface area contributed by atoms with Gasteiger partial charge in [0.25, 0.3) is 0 Å². The second-order valence-electron chi connectivity index (χ2n) is 6.15. The number of allylic oxidation sites excluding steroid dienone is 1. The van der Waals surface area contributed by atoms with Crippen molar-refractivity contribution in [1.82, 2.24) is 8.87 Å². The lowest BCUT2D eigenvalue weighted by molar-refractivity contribution is 0.103. The Kier molecular flexibility index (Phi) is 6.04. The van der Waals surface area contributed by atoms with Crippen LogP contribution in [0.25, 0.3) is 10.9 Å². The van der Waals surface area contributed by atoms with Crippen LogP contribution in [0, 0.1) is 17.1 Å². The topological polar surface area (TPSA) is 61.1 Å². The van der Waals surface area contributed by atoms with Crippen LogP contribution < -0.4 is 4.72 Å². The quantitative estimate of drug-likeness (QED) is 0.189. The third-order valence-corrected chi connectivity index (χ3v) is 6.62. The lowest BCUT2D eigenvalue weighted by atomic mass is 10.1. The monoisotopic (exact) mass is 502 g/mol. The normalized spacial score (nSPS) is 14.3. The van der Waals surface area contributed by atoms with E-state index < -0.39 is 0 Å². The number of nitrogens with one attached hydrogen (secondary N) is 1. The number of carbonyl (C=O) groups excluding carboxylic acids is 1. The van der Waals surface area contributed by atoms with E-state index >= 15 is 0 Å². The van der Waals surface area contributed by atoms with Gasteiger partial charge in [-0.2, -0.15) is 5.26 Å². The van der Waals surface area contributed by atoms with Crippen molar-refractivity contribution in [1.29, 1.82) is 5.26 Å². The summed E-state index contributed by atoms with van der Waals surface area (Å²) >= 11 is 3.60. The molecule has 1 aliphatic carbocycles. The maximum Gasteiger partial charge on any atom is 0.222 e. The fourth-order valence-electron chi connectivity index (χ4n) is 2.38. The van der Waals surface area contributed by atoms with Gasteiger partial charge in [0.1, 0.15) is 23.2 Å². The van der Waals surface area contributed by atoms with E-state index in [0.717, 1.165) is 18.4 Å². The predicted molar refractivity (Wildman–Crippen MR) is 115 cm³/mol. The molecule has 9 heteroatoms. The Morgan fingerprint density at radius 2 is 2.19 bits per heavy atom. The van der Waals surface area contributed by atoms with Crippen molar-refractivity contribution in [2.24, 2.45) is 0 Å². The summed E-state index contributed by atoms with van der Waals surface area (Å²) in [7, 11) is 4.81. The second kappa shape index (κ2) is 8.10. The Bertz CT molecular complexity index is 931. The van der Waals surface area contributed by atoms with E-state index in [1.54, 1.807) is 35.1 Å². The highest BCUT2D eigenvalue weighted by molar-refractivity contribution is 14.2. The molecular formula is C17H16FIN4OS2. The van der Waals surface area contributed by atoms with Crippen LogP contribution in [-0.4, -0.2) is 34.0 Å². The van der Waals surface area contributed by atoms with Gasteiger partial charge >= 0.3 is 0 Å². The molecule has 0 saturated heterocycles. The van der Waals surface area contributed by atoms with Crippen molar-refractivity contribution >= 4 is 64.6 Å². The van der Waals surface area contributed by atoms with Crippen molar-refractivity contribution < 1.29 is 9.18 Å². The maximum absolute atomic E-state index is 14.4. The molecular weight excluding hydrogens is 486 g/mol. The molecule has 26 heavy (non-hydrogen) atoms. The van der Waals surface area contributed by atoms with Crippen LogP contribution in [0.15, 0.2) is 30.0 Å². The molecule has 0 spiro atoms. The van der Waals surface area contributed by atoms with Gasteiger partial charge in [0.15, 0.2) is 0 Å². The lowest BCUT2D eigenvalue weighted by Crippen LogP contribution is -2.11. The van der Waals surface area contributed by atoms with Crippen LogP contribution >= 0.6 is 42.3 Å². The first kappa shape index (κ1) is 19.4. The molecule has 1 aliphatic rings. The van der Waals surface area contributed by atoms with E-state index in [2.05, 4.69) is 25.9 Å². The molecule has 1 saturated carbocycles. The van der Waals surface area contributed by atoms with Gasteiger partial charge in [0, 0.05) is 61.3 Å². The Hall–Kier alpha value is -1.38. The molecule has 0 bridgehead atoms. The predicted octanol–water partition coefficient (Wildman–Crippen LogP) is 5.00. The average molecular weight is 502 g/mol. The molecule has 1 aromatic heterocycles. The largest absolute Gasteiger partial charge is 0.382 e. The summed E-state index contributed by atoms with van der Waals surface area (Å²) in [5, 5.41) is 10.5. The Morgan fingerprint density at radius 3 is 2.77 bits per heavy atom. The van der Waals surface area contributed by atoms with Gasteiger partial charge in [-0.05, 0) is 43.0 Å². The molecule has 1 fully saturated rings. The Morgan fingerprint density at radius 1 is 1.46 bits per heavy atom. The summed E-state index contributed by atoms with van der Waals surface area (Å²) < 4.78 is 19.2. The lowest BCUT2D eigenvalue weighted by Gasteiger charge is -2.09. The molecule has 136 valence electrons. The minimum atomic E-state index is -0.385. The van der Waals surface area contributed by atoms with E-state index in [1.165, 1.54) is 33.3 Å². The summed E-state index contributed by atoms with van der Waals surface area (Å²) in [6, 6.07) is 6.71. The molecule has 0 radical (unpaired) electrons. The zero-order valence-electron chi connectivity index (χ0n) is 14.1. The van der Waals surface area contributed by atoms with Crippen LogP contribution in [0.2, 0.25) is 0 Å². The number of rotatable bonds is 7. The van der Waals surface area contributed by atoms with Crippen LogP contribution in [0.3, 0.4) is 0 Å². The number of carbonyl (C=O) groups is 1. The molecule has 1 heterocycles. The summed E-state index contributed by atoms with van der Waals surface area (Å²) in [5.74, 6) is -0.742. The smallest absolute Gasteiger partial charge is 0.222 e. The third-order valence-electron chi connectivity index (χ3n) is 3.76. The van der Waals surface area contributed by atoms with Crippen LogP contribution in [0.4, 0.5) is 10.1 Å². The van der Waals surface area contributed by atoms with Gasteiger partial charge in [-0.15, -0.1) is 0 Å². The molecule has 0 atom stereocenters. The van der Waals surface area contributed by atoms with E-state index in [4.69, 9.17) is 0 Å². The zero-order chi connectivity index (χ0) is 18.8. The number of nitriles is 1. The minimum Gasteiger partial charge on any atom is -0.382 e. The number of anilines is 1. The van der Waals surface area contributed by atoms with Crippen molar-refractivity contribution in [3.63, 3.8) is 0 Å². The molecule has 5 nitrogen and oxygen atoms in total. The zero-order valence-corrected chi connectivity index (χ0v) is 17.9. The number of halogens is 2. The summed E-state index contributed by atoms with van der Waals surface area (Å²) in [6.45, 7) is 0. The minimum absolute atomic E-state index is 0.0348. The van der Waals surface area contributed by atoms with Crippen LogP contribution in [0.5, 0.6) is 0 Å². The molecule has 0 amide bonds. The van der Waals surface area contributed by atoms with Crippen molar-refractivity contribution in [2.75, 3.05) is 18.8 Å². The highest BCUT2D eigenvalue weighted by Crippen LogP contribution is 2.37. The van der Waals surface area contributed by atoms with E-state index in [-0.39, 0.29) is 17.2 Å². The first-order chi connectivity index (χ1) is 12.4. The SMILES string of the molecule is CN(C)/C=C(\C#N)C(=O)c1cc2cc(F)c(NSC3CC3)cc2n1SI. The van der Waals surface area contributed by atoms with Crippen molar-refractivity contribution in [2.45, 2.75) is 18.1 Å². The Balaban J connectivity index is 2.03. The van der Waals surface area contributed by atoms with Crippen molar-refractivity contribution in [3.05, 3.63) is 41.5 Å². The van der Waals surface area contributed by atoms with Gasteiger partial charge in [0.05, 0.1) is 11.2 Å². The first-order valence-corrected chi connectivity index (χ1v) is 12.0. The first-order valence-electron chi connectivity index (χ1n) is 7.83. The fraction of sp³-hybridized carbons (Fsp3) is 0.294. The molecule has 1 N–H and O–H groups in total. The van der Waals surface area contributed by atoms with Gasteiger partial charge in [-0.1, -0.05) is 0 Å². The van der Waals surface area contributed by atoms with Crippen LogP contribution in [0.1, 0.15) is 23.3 Å². The fourth-order valence-corrected chi connectivity index (χ4v) is 4.92. The van der Waals surface area contributed by atoms with E-state index in [0.29, 0.717) is 22.0 Å². The third kappa shape index (κ3) is 4.13. The molecule has 0 aliphatic heterocycles. The second-order valence-corrected chi connectivity index (χ2v) is 8.94. The number of benzene rings is 1. The number of hydrogen-bond donors (Lipinski definition) is 1. The standard InChI is InChI=1S/C17H16FIN4OS2/c1-22(2)9-11(8-20)17(24)16-6-10-5-13(18)14(21-25-12-3-4-12)7-15(10)23(16)26-19/h5-7,9,12,21H,3-4H2,1-2H3/b11-9+. The number of ketones is 1.